The number of hydrogen-bond acceptors (Lipinski definition) is 3. The molecule has 114 valence electrons. The molecule has 1 aromatic heterocycles. The van der Waals surface area contributed by atoms with E-state index in [1.165, 1.54) is 5.56 Å². The molecule has 2 aliphatic rings. The fraction of sp³-hybridized carbons (Fsp3) is 0.158. The number of carbonyl (C=O) groups excluding carboxylic acids is 1. The number of para-hydroxylation sites is 1. The lowest BCUT2D eigenvalue weighted by Crippen LogP contribution is -2.48. The fourth-order valence-electron chi connectivity index (χ4n) is 2.89. The molecule has 0 radical (unpaired) electrons. The van der Waals surface area contributed by atoms with Gasteiger partial charge in [0.05, 0.1) is 6.26 Å². The molecule has 0 aliphatic carbocycles. The molecule has 3 heterocycles. The number of nitrogens with zero attached hydrogens (tertiary/aromatic N) is 2. The van der Waals surface area contributed by atoms with Crippen LogP contribution in [0.25, 0.3) is 6.08 Å². The van der Waals surface area contributed by atoms with Gasteiger partial charge in [-0.3, -0.25) is 9.78 Å². The Kier molecular flexibility index (Phi) is 3.42. The van der Waals surface area contributed by atoms with Crippen molar-refractivity contribution in [2.75, 3.05) is 13.1 Å². The normalized spacial score (nSPS) is 16.7. The smallest absolute Gasteiger partial charge is 0.254 e. The van der Waals surface area contributed by atoms with Crippen molar-refractivity contribution in [3.63, 3.8) is 0 Å². The zero-order chi connectivity index (χ0) is 15.6. The van der Waals surface area contributed by atoms with Gasteiger partial charge in [0.1, 0.15) is 5.75 Å². The molecular formula is C19H16N2O2. The Hall–Kier alpha value is -2.88. The minimum atomic E-state index is 0.0432. The predicted molar refractivity (Wildman–Crippen MR) is 87.7 cm³/mol. The van der Waals surface area contributed by atoms with Gasteiger partial charge in [-0.2, -0.15) is 0 Å². The summed E-state index contributed by atoms with van der Waals surface area (Å²) in [6.07, 6.45) is 8.84. The lowest BCUT2D eigenvalue weighted by atomic mass is 9.92. The van der Waals surface area contributed by atoms with Gasteiger partial charge in [-0.05, 0) is 29.8 Å². The Labute approximate surface area is 134 Å². The molecule has 0 spiro atoms. The summed E-state index contributed by atoms with van der Waals surface area (Å²) >= 11 is 0. The van der Waals surface area contributed by atoms with E-state index in [0.717, 1.165) is 24.4 Å². The van der Waals surface area contributed by atoms with Crippen molar-refractivity contribution in [2.24, 2.45) is 0 Å². The average molecular weight is 304 g/mol. The van der Waals surface area contributed by atoms with Gasteiger partial charge in [-0.15, -0.1) is 0 Å². The molecule has 4 heteroatoms. The molecule has 1 saturated heterocycles. The van der Waals surface area contributed by atoms with Crippen LogP contribution in [0, 0.1) is 0 Å². The maximum Gasteiger partial charge on any atom is 0.254 e. The van der Waals surface area contributed by atoms with E-state index < -0.39 is 0 Å². The molecule has 0 unspecified atom stereocenters. The van der Waals surface area contributed by atoms with Crippen molar-refractivity contribution < 1.29 is 9.53 Å². The van der Waals surface area contributed by atoms with Crippen molar-refractivity contribution in [2.45, 2.75) is 5.92 Å². The molecule has 4 rings (SSSR count). The van der Waals surface area contributed by atoms with Crippen LogP contribution in [-0.4, -0.2) is 28.9 Å². The molecule has 1 fully saturated rings. The molecular weight excluding hydrogens is 288 g/mol. The first-order valence-corrected chi connectivity index (χ1v) is 7.64. The first kappa shape index (κ1) is 13.8. The van der Waals surface area contributed by atoms with Crippen LogP contribution in [0.1, 0.15) is 17.0 Å². The van der Waals surface area contributed by atoms with E-state index in [1.54, 1.807) is 18.5 Å². The van der Waals surface area contributed by atoms with Gasteiger partial charge in [0, 0.05) is 42.5 Å². The van der Waals surface area contributed by atoms with Gasteiger partial charge < -0.3 is 9.64 Å². The number of rotatable bonds is 2. The summed E-state index contributed by atoms with van der Waals surface area (Å²) in [5.41, 5.74) is 2.76. The van der Waals surface area contributed by atoms with Crippen LogP contribution in [0.15, 0.2) is 66.7 Å². The molecule has 2 aromatic rings. The third kappa shape index (κ3) is 2.63. The zero-order valence-electron chi connectivity index (χ0n) is 12.6. The maximum absolute atomic E-state index is 12.7. The van der Waals surface area contributed by atoms with Crippen LogP contribution < -0.4 is 4.74 Å². The van der Waals surface area contributed by atoms with Crippen LogP contribution in [0.5, 0.6) is 5.75 Å². The summed E-state index contributed by atoms with van der Waals surface area (Å²) in [6, 6.07) is 11.7. The van der Waals surface area contributed by atoms with Gasteiger partial charge in [0.15, 0.2) is 0 Å². The number of fused-ring (bicyclic) bond motifs is 1. The minimum absolute atomic E-state index is 0.0432. The Balaban J connectivity index is 1.49. The highest BCUT2D eigenvalue weighted by Crippen LogP contribution is 2.30. The van der Waals surface area contributed by atoms with Crippen molar-refractivity contribution >= 4 is 12.0 Å². The summed E-state index contributed by atoms with van der Waals surface area (Å²) < 4.78 is 5.54. The number of likely N-dealkylation sites (tertiary alicyclic amines) is 1. The SMILES string of the molecule is O=C(C1=Cc2ccccc2OC=C1)N1CC(c2cccnc2)C1. The van der Waals surface area contributed by atoms with E-state index in [0.29, 0.717) is 11.5 Å². The molecule has 1 amide bonds. The highest BCUT2D eigenvalue weighted by molar-refractivity contribution is 6.01. The van der Waals surface area contributed by atoms with Gasteiger partial charge in [0.2, 0.25) is 0 Å². The van der Waals surface area contributed by atoms with E-state index >= 15 is 0 Å². The third-order valence-corrected chi connectivity index (χ3v) is 4.24. The van der Waals surface area contributed by atoms with Crippen molar-refractivity contribution in [1.29, 1.82) is 0 Å². The minimum Gasteiger partial charge on any atom is -0.464 e. The fourth-order valence-corrected chi connectivity index (χ4v) is 2.89. The molecule has 0 N–H and O–H groups in total. The average Bonchev–Trinajstić information content (AvgIpc) is 2.76. The molecule has 1 aromatic carbocycles. The van der Waals surface area contributed by atoms with E-state index in [-0.39, 0.29) is 5.91 Å². The second-order valence-electron chi connectivity index (χ2n) is 5.75. The van der Waals surface area contributed by atoms with Crippen molar-refractivity contribution in [1.82, 2.24) is 9.88 Å². The molecule has 2 aliphatic heterocycles. The highest BCUT2D eigenvalue weighted by atomic mass is 16.5. The molecule has 23 heavy (non-hydrogen) atoms. The number of ether oxygens (including phenoxy) is 1. The third-order valence-electron chi connectivity index (χ3n) is 4.24. The highest BCUT2D eigenvalue weighted by Gasteiger charge is 2.32. The van der Waals surface area contributed by atoms with E-state index in [4.69, 9.17) is 4.74 Å². The van der Waals surface area contributed by atoms with Crippen LogP contribution in [0.3, 0.4) is 0 Å². The first-order valence-electron chi connectivity index (χ1n) is 7.64. The summed E-state index contributed by atoms with van der Waals surface area (Å²) in [4.78, 5) is 18.7. The number of benzene rings is 1. The lowest BCUT2D eigenvalue weighted by molar-refractivity contribution is -0.130. The molecule has 0 bridgehead atoms. The van der Waals surface area contributed by atoms with E-state index in [1.807, 2.05) is 47.5 Å². The van der Waals surface area contributed by atoms with Gasteiger partial charge >= 0.3 is 0 Å². The number of amides is 1. The van der Waals surface area contributed by atoms with E-state index in [2.05, 4.69) is 11.1 Å². The van der Waals surface area contributed by atoms with Crippen LogP contribution >= 0.6 is 0 Å². The van der Waals surface area contributed by atoms with Crippen LogP contribution in [-0.2, 0) is 4.79 Å². The Morgan fingerprint density at radius 3 is 2.87 bits per heavy atom. The van der Waals surface area contributed by atoms with E-state index in [9.17, 15) is 4.79 Å². The second kappa shape index (κ2) is 5.72. The quantitative estimate of drug-likeness (QED) is 0.856. The lowest BCUT2D eigenvalue weighted by Gasteiger charge is -2.39. The standard InChI is InChI=1S/C19H16N2O2/c22-19(21-12-17(13-21)16-5-3-8-20-11-16)15-7-9-23-18-6-2-1-4-14(18)10-15/h1-11,17H,12-13H2. The maximum atomic E-state index is 12.7. The first-order chi connectivity index (χ1) is 11.3. The van der Waals surface area contributed by atoms with Crippen molar-refractivity contribution in [3.05, 3.63) is 77.8 Å². The summed E-state index contributed by atoms with van der Waals surface area (Å²) in [5, 5.41) is 0. The number of carbonyl (C=O) groups is 1. The largest absolute Gasteiger partial charge is 0.464 e. The molecule has 0 atom stereocenters. The van der Waals surface area contributed by atoms with Crippen LogP contribution in [0.4, 0.5) is 0 Å². The van der Waals surface area contributed by atoms with Crippen molar-refractivity contribution in [3.8, 4) is 5.75 Å². The number of hydrogen-bond donors (Lipinski definition) is 0. The number of pyridine rings is 1. The summed E-state index contributed by atoms with van der Waals surface area (Å²) in [7, 11) is 0. The summed E-state index contributed by atoms with van der Waals surface area (Å²) in [5.74, 6) is 1.19. The topological polar surface area (TPSA) is 42.4 Å². The van der Waals surface area contributed by atoms with Crippen LogP contribution in [0.2, 0.25) is 0 Å². The molecule has 0 saturated carbocycles. The second-order valence-corrected chi connectivity index (χ2v) is 5.75. The van der Waals surface area contributed by atoms with Gasteiger partial charge in [-0.1, -0.05) is 24.3 Å². The Morgan fingerprint density at radius 2 is 2.04 bits per heavy atom. The number of aromatic nitrogens is 1. The molecule has 4 nitrogen and oxygen atoms in total. The monoisotopic (exact) mass is 304 g/mol. The zero-order valence-corrected chi connectivity index (χ0v) is 12.6. The Bertz CT molecular complexity index is 790. The Morgan fingerprint density at radius 1 is 1.17 bits per heavy atom. The van der Waals surface area contributed by atoms with Gasteiger partial charge in [0.25, 0.3) is 5.91 Å². The summed E-state index contributed by atoms with van der Waals surface area (Å²) in [6.45, 7) is 1.47. The predicted octanol–water partition coefficient (Wildman–Crippen LogP) is 3.00. The van der Waals surface area contributed by atoms with Gasteiger partial charge in [-0.25, -0.2) is 0 Å².